The van der Waals surface area contributed by atoms with Gasteiger partial charge in [-0.1, -0.05) is 42.1 Å². The van der Waals surface area contributed by atoms with E-state index in [2.05, 4.69) is 15.5 Å². The first-order valence-corrected chi connectivity index (χ1v) is 9.21. The number of methoxy groups -OCH3 is 2. The Morgan fingerprint density at radius 3 is 2.26 bits per heavy atom. The number of hydrogen-bond acceptors (Lipinski definition) is 6. The Labute approximate surface area is 161 Å². The van der Waals surface area contributed by atoms with E-state index in [1.54, 1.807) is 32.4 Å². The number of nitrogens with one attached hydrogen (secondary N) is 1. The number of hydrogen-bond donors (Lipinski definition) is 1. The van der Waals surface area contributed by atoms with Crippen LogP contribution in [-0.4, -0.2) is 36.1 Å². The van der Waals surface area contributed by atoms with E-state index in [9.17, 15) is 4.79 Å². The van der Waals surface area contributed by atoms with E-state index in [0.29, 0.717) is 22.2 Å². The van der Waals surface area contributed by atoms with Gasteiger partial charge in [-0.3, -0.25) is 4.79 Å². The number of carbonyl (C=O) groups excluding carboxylic acids is 1. The number of benzene rings is 2. The lowest BCUT2D eigenvalue weighted by Crippen LogP contribution is -2.14. The van der Waals surface area contributed by atoms with Crippen LogP contribution >= 0.6 is 11.8 Å². The third kappa shape index (κ3) is 5.21. The topological polar surface area (TPSA) is 73.3 Å². The summed E-state index contributed by atoms with van der Waals surface area (Å²) in [5, 5.41) is 11.9. The maximum absolute atomic E-state index is 12.2. The average molecular weight is 381 g/mol. The van der Waals surface area contributed by atoms with Gasteiger partial charge in [-0.25, -0.2) is 0 Å². The van der Waals surface area contributed by atoms with Crippen LogP contribution in [0, 0.1) is 0 Å². The zero-order valence-electron chi connectivity index (χ0n) is 15.0. The van der Waals surface area contributed by atoms with Crippen molar-refractivity contribution in [2.24, 2.45) is 0 Å². The molecule has 0 saturated heterocycles. The molecule has 1 heterocycles. The Kier molecular flexibility index (Phi) is 6.27. The summed E-state index contributed by atoms with van der Waals surface area (Å²) in [4.78, 5) is 12.2. The van der Waals surface area contributed by atoms with E-state index in [0.717, 1.165) is 11.3 Å². The first kappa shape index (κ1) is 18.7. The quantitative estimate of drug-likeness (QED) is 0.626. The van der Waals surface area contributed by atoms with E-state index < -0.39 is 0 Å². The van der Waals surface area contributed by atoms with E-state index in [1.165, 1.54) is 11.8 Å². The lowest BCUT2D eigenvalue weighted by atomic mass is 10.1. The van der Waals surface area contributed by atoms with Crippen LogP contribution in [0.5, 0.6) is 11.5 Å². The first-order chi connectivity index (χ1) is 13.2. The van der Waals surface area contributed by atoms with Crippen molar-refractivity contribution in [3.8, 4) is 22.8 Å². The van der Waals surface area contributed by atoms with E-state index in [1.807, 2.05) is 42.5 Å². The molecule has 3 aromatic rings. The zero-order valence-corrected chi connectivity index (χ0v) is 15.8. The van der Waals surface area contributed by atoms with Crippen LogP contribution in [0.1, 0.15) is 0 Å². The SMILES string of the molecule is COc1cc(NC(=O)CSc2ccc(-c3ccccc3)nn2)cc(OC)c1. The van der Waals surface area contributed by atoms with Crippen LogP contribution in [-0.2, 0) is 4.79 Å². The summed E-state index contributed by atoms with van der Waals surface area (Å²) in [7, 11) is 3.13. The molecular formula is C20H19N3O3S. The second kappa shape index (κ2) is 9.05. The van der Waals surface area contributed by atoms with Crippen LogP contribution < -0.4 is 14.8 Å². The van der Waals surface area contributed by atoms with Gasteiger partial charge in [0.15, 0.2) is 0 Å². The van der Waals surface area contributed by atoms with Gasteiger partial charge in [-0.2, -0.15) is 0 Å². The number of rotatable bonds is 7. The fraction of sp³-hybridized carbons (Fsp3) is 0.150. The molecule has 0 fully saturated rings. The van der Waals surface area contributed by atoms with Crippen molar-refractivity contribution in [2.75, 3.05) is 25.3 Å². The van der Waals surface area contributed by atoms with Gasteiger partial charge < -0.3 is 14.8 Å². The highest BCUT2D eigenvalue weighted by molar-refractivity contribution is 7.99. The van der Waals surface area contributed by atoms with Crippen LogP contribution in [0.2, 0.25) is 0 Å². The van der Waals surface area contributed by atoms with Crippen molar-refractivity contribution in [3.63, 3.8) is 0 Å². The van der Waals surface area contributed by atoms with Crippen LogP contribution in [0.4, 0.5) is 5.69 Å². The van der Waals surface area contributed by atoms with Gasteiger partial charge in [0.25, 0.3) is 0 Å². The van der Waals surface area contributed by atoms with Gasteiger partial charge in [-0.15, -0.1) is 10.2 Å². The van der Waals surface area contributed by atoms with Gasteiger partial charge >= 0.3 is 0 Å². The van der Waals surface area contributed by atoms with Gasteiger partial charge in [0, 0.05) is 29.4 Å². The van der Waals surface area contributed by atoms with Crippen molar-refractivity contribution in [1.29, 1.82) is 0 Å². The molecule has 0 radical (unpaired) electrons. The molecule has 27 heavy (non-hydrogen) atoms. The molecule has 0 aliphatic rings. The predicted molar refractivity (Wildman–Crippen MR) is 106 cm³/mol. The molecule has 0 aliphatic heterocycles. The van der Waals surface area contributed by atoms with Crippen molar-refractivity contribution in [3.05, 3.63) is 60.7 Å². The number of amides is 1. The van der Waals surface area contributed by atoms with Crippen molar-refractivity contribution in [2.45, 2.75) is 5.03 Å². The summed E-state index contributed by atoms with van der Waals surface area (Å²) < 4.78 is 10.4. The Bertz CT molecular complexity index is 880. The molecule has 3 rings (SSSR count). The van der Waals surface area contributed by atoms with Gasteiger partial charge in [0.05, 0.1) is 25.7 Å². The highest BCUT2D eigenvalue weighted by Crippen LogP contribution is 2.26. The van der Waals surface area contributed by atoms with E-state index in [-0.39, 0.29) is 11.7 Å². The second-order valence-electron chi connectivity index (χ2n) is 5.56. The molecule has 1 aromatic heterocycles. The lowest BCUT2D eigenvalue weighted by Gasteiger charge is -2.09. The fourth-order valence-corrected chi connectivity index (χ4v) is 2.99. The summed E-state index contributed by atoms with van der Waals surface area (Å²) in [6.45, 7) is 0. The van der Waals surface area contributed by atoms with Crippen LogP contribution in [0.3, 0.4) is 0 Å². The van der Waals surface area contributed by atoms with Crippen LogP contribution in [0.25, 0.3) is 11.3 Å². The normalized spacial score (nSPS) is 10.3. The fourth-order valence-electron chi connectivity index (χ4n) is 2.38. The molecule has 1 N–H and O–H groups in total. The molecule has 0 unspecified atom stereocenters. The highest BCUT2D eigenvalue weighted by Gasteiger charge is 2.08. The smallest absolute Gasteiger partial charge is 0.234 e. The van der Waals surface area contributed by atoms with E-state index in [4.69, 9.17) is 9.47 Å². The Morgan fingerprint density at radius 1 is 0.963 bits per heavy atom. The summed E-state index contributed by atoms with van der Waals surface area (Å²) >= 11 is 1.32. The predicted octanol–water partition coefficient (Wildman–Crippen LogP) is 3.89. The number of aromatic nitrogens is 2. The summed E-state index contributed by atoms with van der Waals surface area (Å²) in [5.74, 6) is 1.29. The molecule has 138 valence electrons. The molecule has 0 aliphatic carbocycles. The largest absolute Gasteiger partial charge is 0.497 e. The minimum atomic E-state index is -0.149. The Balaban J connectivity index is 1.58. The lowest BCUT2D eigenvalue weighted by molar-refractivity contribution is -0.113. The molecule has 0 atom stereocenters. The molecule has 2 aromatic carbocycles. The second-order valence-corrected chi connectivity index (χ2v) is 6.56. The number of ether oxygens (including phenoxy) is 2. The minimum absolute atomic E-state index is 0.149. The van der Waals surface area contributed by atoms with Crippen molar-refractivity contribution >= 4 is 23.4 Å². The van der Waals surface area contributed by atoms with Crippen molar-refractivity contribution < 1.29 is 14.3 Å². The summed E-state index contributed by atoms with van der Waals surface area (Å²) in [6.07, 6.45) is 0. The third-order valence-corrected chi connectivity index (χ3v) is 4.62. The number of thioether (sulfide) groups is 1. The molecule has 0 bridgehead atoms. The Morgan fingerprint density at radius 2 is 1.67 bits per heavy atom. The minimum Gasteiger partial charge on any atom is -0.497 e. The number of carbonyl (C=O) groups is 1. The summed E-state index contributed by atoms with van der Waals surface area (Å²) in [5.41, 5.74) is 2.42. The third-order valence-electron chi connectivity index (χ3n) is 3.70. The molecular weight excluding hydrogens is 362 g/mol. The maximum Gasteiger partial charge on any atom is 0.234 e. The highest BCUT2D eigenvalue weighted by atomic mass is 32.2. The monoisotopic (exact) mass is 381 g/mol. The van der Waals surface area contributed by atoms with E-state index >= 15 is 0 Å². The number of nitrogens with zero attached hydrogens (tertiary/aromatic N) is 2. The first-order valence-electron chi connectivity index (χ1n) is 8.23. The Hall–Kier alpha value is -3.06. The molecule has 0 saturated carbocycles. The average Bonchev–Trinajstić information content (AvgIpc) is 2.73. The molecule has 0 spiro atoms. The van der Waals surface area contributed by atoms with Gasteiger partial charge in [0.1, 0.15) is 16.5 Å². The standard InChI is InChI=1S/C20H19N3O3S/c1-25-16-10-15(11-17(12-16)26-2)21-19(24)13-27-20-9-8-18(22-23-20)14-6-4-3-5-7-14/h3-12H,13H2,1-2H3,(H,21,24). The van der Waals surface area contributed by atoms with Gasteiger partial charge in [-0.05, 0) is 12.1 Å². The van der Waals surface area contributed by atoms with Crippen molar-refractivity contribution in [1.82, 2.24) is 10.2 Å². The number of anilines is 1. The summed E-state index contributed by atoms with van der Waals surface area (Å²) in [6, 6.07) is 18.8. The molecule has 1 amide bonds. The maximum atomic E-state index is 12.2. The molecule has 7 heteroatoms. The zero-order chi connectivity index (χ0) is 19.1. The van der Waals surface area contributed by atoms with Gasteiger partial charge in [0.2, 0.25) is 5.91 Å². The molecule has 6 nitrogen and oxygen atoms in total. The van der Waals surface area contributed by atoms with Crippen LogP contribution in [0.15, 0.2) is 65.7 Å².